The van der Waals surface area contributed by atoms with Crippen LogP contribution in [-0.2, 0) is 0 Å². The largest absolute Gasteiger partial charge is 0.409 e. The van der Waals surface area contributed by atoms with Crippen molar-refractivity contribution in [2.45, 2.75) is 6.42 Å². The van der Waals surface area contributed by atoms with Crippen molar-refractivity contribution in [1.82, 2.24) is 0 Å². The van der Waals surface area contributed by atoms with Crippen LogP contribution in [0.3, 0.4) is 0 Å². The lowest BCUT2D eigenvalue weighted by molar-refractivity contribution is 0.238. The molecular weight excluding hydrogens is 254 g/mol. The first-order valence-corrected chi connectivity index (χ1v) is 6.16. The Hall–Kier alpha value is -1.46. The number of halogens is 1. The first-order chi connectivity index (χ1) is 8.65. The van der Waals surface area contributed by atoms with Gasteiger partial charge in [0.2, 0.25) is 0 Å². The van der Waals surface area contributed by atoms with Crippen LogP contribution in [0.5, 0.6) is 0 Å². The number of hydrogen-bond donors (Lipinski definition) is 3. The van der Waals surface area contributed by atoms with E-state index in [1.807, 2.05) is 6.07 Å². The van der Waals surface area contributed by atoms with Crippen LogP contribution in [0.4, 0.5) is 5.69 Å². The van der Waals surface area contributed by atoms with Crippen LogP contribution < -0.4 is 10.6 Å². The van der Waals surface area contributed by atoms with Gasteiger partial charge in [0.15, 0.2) is 5.84 Å². The maximum Gasteiger partial charge on any atom is 0.172 e. The highest BCUT2D eigenvalue weighted by Crippen LogP contribution is 2.29. The van der Waals surface area contributed by atoms with E-state index in [0.29, 0.717) is 10.6 Å². The number of rotatable bonds is 3. The predicted molar refractivity (Wildman–Crippen MR) is 71.4 cm³/mol. The molecule has 1 aliphatic heterocycles. The molecule has 0 bridgehead atoms. The van der Waals surface area contributed by atoms with E-state index in [1.165, 1.54) is 0 Å². The maximum atomic E-state index is 9.16. The minimum absolute atomic E-state index is 0.0416. The summed E-state index contributed by atoms with van der Waals surface area (Å²) in [6.45, 7) is 1.80. The van der Waals surface area contributed by atoms with Crippen LogP contribution in [0.1, 0.15) is 12.0 Å². The highest BCUT2D eigenvalue weighted by Gasteiger charge is 2.24. The van der Waals surface area contributed by atoms with Crippen molar-refractivity contribution < 1.29 is 10.3 Å². The molecule has 1 aromatic rings. The van der Waals surface area contributed by atoms with E-state index in [9.17, 15) is 0 Å². The van der Waals surface area contributed by atoms with E-state index in [1.54, 1.807) is 12.1 Å². The summed E-state index contributed by atoms with van der Waals surface area (Å²) in [5.41, 5.74) is 7.16. The summed E-state index contributed by atoms with van der Waals surface area (Å²) < 4.78 is 0. The number of anilines is 1. The fourth-order valence-electron chi connectivity index (χ4n) is 2.24. The zero-order valence-corrected chi connectivity index (χ0v) is 10.6. The van der Waals surface area contributed by atoms with Gasteiger partial charge >= 0.3 is 0 Å². The minimum Gasteiger partial charge on any atom is -0.409 e. The van der Waals surface area contributed by atoms with Crippen LogP contribution in [0, 0.1) is 5.92 Å². The zero-order chi connectivity index (χ0) is 13.1. The quantitative estimate of drug-likeness (QED) is 0.334. The SMILES string of the molecule is N/C(=N/O)c1cc(Cl)ccc1N1CCC(CO)C1. The maximum absolute atomic E-state index is 9.16. The van der Waals surface area contributed by atoms with Crippen molar-refractivity contribution in [3.05, 3.63) is 28.8 Å². The molecule has 1 heterocycles. The molecule has 0 saturated carbocycles. The van der Waals surface area contributed by atoms with Gasteiger partial charge in [-0.15, -0.1) is 0 Å². The first kappa shape index (κ1) is 13.0. The second kappa shape index (κ2) is 5.46. The molecule has 4 N–H and O–H groups in total. The predicted octanol–water partition coefficient (Wildman–Crippen LogP) is 1.25. The number of hydrogen-bond acceptors (Lipinski definition) is 4. The van der Waals surface area contributed by atoms with Gasteiger partial charge < -0.3 is 20.9 Å². The first-order valence-electron chi connectivity index (χ1n) is 5.79. The van der Waals surface area contributed by atoms with Gasteiger partial charge in [-0.25, -0.2) is 0 Å². The van der Waals surface area contributed by atoms with E-state index in [2.05, 4.69) is 10.1 Å². The average Bonchev–Trinajstić information content (AvgIpc) is 2.86. The molecule has 1 aromatic carbocycles. The summed E-state index contributed by atoms with van der Waals surface area (Å²) in [6, 6.07) is 5.31. The Morgan fingerprint density at radius 2 is 2.33 bits per heavy atom. The molecule has 18 heavy (non-hydrogen) atoms. The van der Waals surface area contributed by atoms with E-state index in [4.69, 9.17) is 27.6 Å². The second-order valence-corrected chi connectivity index (χ2v) is 4.87. The summed E-state index contributed by atoms with van der Waals surface area (Å²) in [5, 5.41) is 21.5. The summed E-state index contributed by atoms with van der Waals surface area (Å²) in [7, 11) is 0. The fourth-order valence-corrected chi connectivity index (χ4v) is 2.42. The van der Waals surface area contributed by atoms with Gasteiger partial charge in [0.05, 0.1) is 0 Å². The monoisotopic (exact) mass is 269 g/mol. The molecule has 1 aliphatic rings. The molecule has 5 nitrogen and oxygen atoms in total. The van der Waals surface area contributed by atoms with Gasteiger partial charge in [-0.2, -0.15) is 0 Å². The number of oxime groups is 1. The van der Waals surface area contributed by atoms with E-state index >= 15 is 0 Å². The van der Waals surface area contributed by atoms with Crippen LogP contribution in [0.25, 0.3) is 0 Å². The Labute approximate surface area is 110 Å². The molecule has 0 aliphatic carbocycles. The zero-order valence-electron chi connectivity index (χ0n) is 9.88. The van der Waals surface area contributed by atoms with Gasteiger partial charge in [0.25, 0.3) is 0 Å². The van der Waals surface area contributed by atoms with Crippen LogP contribution in [0.15, 0.2) is 23.4 Å². The van der Waals surface area contributed by atoms with Crippen LogP contribution in [0.2, 0.25) is 5.02 Å². The summed E-state index contributed by atoms with van der Waals surface area (Å²) in [4.78, 5) is 2.12. The van der Waals surface area contributed by atoms with Crippen molar-refractivity contribution in [3.8, 4) is 0 Å². The van der Waals surface area contributed by atoms with E-state index < -0.39 is 0 Å². The van der Waals surface area contributed by atoms with Crippen molar-refractivity contribution in [1.29, 1.82) is 0 Å². The molecule has 6 heteroatoms. The Morgan fingerprint density at radius 3 is 2.94 bits per heavy atom. The number of amidine groups is 1. The third kappa shape index (κ3) is 2.52. The Balaban J connectivity index is 2.33. The Bertz CT molecular complexity index is 465. The highest BCUT2D eigenvalue weighted by molar-refractivity contribution is 6.31. The lowest BCUT2D eigenvalue weighted by atomic mass is 10.1. The van der Waals surface area contributed by atoms with Gasteiger partial charge in [-0.05, 0) is 24.6 Å². The standard InChI is InChI=1S/C12H16ClN3O2/c13-9-1-2-11(10(5-9)12(14)15-18)16-4-3-8(6-16)7-17/h1-2,5,8,17-18H,3-4,6-7H2,(H2,14,15). The number of nitrogens with zero attached hydrogens (tertiary/aromatic N) is 2. The molecule has 1 fully saturated rings. The van der Waals surface area contributed by atoms with Crippen LogP contribution in [-0.4, -0.2) is 35.8 Å². The van der Waals surface area contributed by atoms with Crippen LogP contribution >= 0.6 is 11.6 Å². The van der Waals surface area contributed by atoms with Gasteiger partial charge in [-0.1, -0.05) is 16.8 Å². The molecule has 0 amide bonds. The fraction of sp³-hybridized carbons (Fsp3) is 0.417. The molecule has 2 rings (SSSR count). The van der Waals surface area contributed by atoms with Gasteiger partial charge in [-0.3, -0.25) is 0 Å². The topological polar surface area (TPSA) is 82.1 Å². The van der Waals surface area contributed by atoms with E-state index in [-0.39, 0.29) is 18.4 Å². The van der Waals surface area contributed by atoms with Crippen molar-refractivity contribution in [3.63, 3.8) is 0 Å². The van der Waals surface area contributed by atoms with Gasteiger partial charge in [0, 0.05) is 41.9 Å². The molecule has 98 valence electrons. The molecule has 1 saturated heterocycles. The molecule has 0 radical (unpaired) electrons. The normalized spacial score (nSPS) is 20.4. The number of aliphatic hydroxyl groups is 1. The average molecular weight is 270 g/mol. The number of nitrogens with two attached hydrogens (primary N) is 1. The summed E-state index contributed by atoms with van der Waals surface area (Å²) in [6.07, 6.45) is 0.939. The summed E-state index contributed by atoms with van der Waals surface area (Å²) in [5.74, 6) is 0.320. The van der Waals surface area contributed by atoms with Crippen molar-refractivity contribution in [2.75, 3.05) is 24.6 Å². The highest BCUT2D eigenvalue weighted by atomic mass is 35.5. The Kier molecular flexibility index (Phi) is 3.93. The molecule has 1 atom stereocenters. The smallest absolute Gasteiger partial charge is 0.172 e. The van der Waals surface area contributed by atoms with Crippen molar-refractivity contribution >= 4 is 23.1 Å². The molecule has 0 spiro atoms. The van der Waals surface area contributed by atoms with E-state index in [0.717, 1.165) is 25.2 Å². The van der Waals surface area contributed by atoms with Crippen molar-refractivity contribution in [2.24, 2.45) is 16.8 Å². The molecular formula is C12H16ClN3O2. The lowest BCUT2D eigenvalue weighted by Crippen LogP contribution is -2.25. The number of aliphatic hydroxyl groups excluding tert-OH is 1. The third-order valence-corrected chi connectivity index (χ3v) is 3.46. The summed E-state index contributed by atoms with van der Waals surface area (Å²) >= 11 is 5.93. The lowest BCUT2D eigenvalue weighted by Gasteiger charge is -2.21. The number of benzene rings is 1. The second-order valence-electron chi connectivity index (χ2n) is 4.43. The molecule has 1 unspecified atom stereocenters. The molecule has 0 aromatic heterocycles. The minimum atomic E-state index is 0.0416. The third-order valence-electron chi connectivity index (χ3n) is 3.23. The van der Waals surface area contributed by atoms with Gasteiger partial charge in [0.1, 0.15) is 0 Å². The Morgan fingerprint density at radius 1 is 1.56 bits per heavy atom.